The highest BCUT2D eigenvalue weighted by atomic mass is 32.2. The fourth-order valence-electron chi connectivity index (χ4n) is 2.84. The molecule has 0 bridgehead atoms. The van der Waals surface area contributed by atoms with Crippen LogP contribution in [0.1, 0.15) is 22.8 Å². The molecule has 0 radical (unpaired) electrons. The number of hydrogen-bond donors (Lipinski definition) is 0. The second kappa shape index (κ2) is 6.67. The Kier molecular flexibility index (Phi) is 4.79. The van der Waals surface area contributed by atoms with E-state index in [2.05, 4.69) is 30.1 Å². The van der Waals surface area contributed by atoms with Gasteiger partial charge in [0.05, 0.1) is 6.33 Å². The van der Waals surface area contributed by atoms with Gasteiger partial charge in [0, 0.05) is 37.3 Å². The molecule has 1 unspecified atom stereocenters. The molecule has 0 amide bonds. The van der Waals surface area contributed by atoms with E-state index in [-0.39, 0.29) is 5.03 Å². The molecule has 3 rings (SSSR count). The molecule has 0 N–H and O–H groups in total. The van der Waals surface area contributed by atoms with E-state index in [1.807, 2.05) is 17.8 Å². The molecule has 1 aliphatic heterocycles. The topological polar surface area (TPSA) is 55.2 Å². The predicted octanol–water partition coefficient (Wildman–Crippen LogP) is 2.60. The number of benzene rings is 1. The van der Waals surface area contributed by atoms with E-state index in [0.717, 1.165) is 12.2 Å². The first kappa shape index (κ1) is 16.5. The molecule has 124 valence electrons. The Bertz CT molecular complexity index is 786. The SMILES string of the molecule is Cc1ccccc1C1CCN(S(=O)(=O)c2cn(C)cn2)CCS1. The predicted molar refractivity (Wildman–Crippen MR) is 93.0 cm³/mol. The van der Waals surface area contributed by atoms with Gasteiger partial charge in [-0.15, -0.1) is 0 Å². The van der Waals surface area contributed by atoms with Gasteiger partial charge in [-0.2, -0.15) is 16.1 Å². The van der Waals surface area contributed by atoms with Crippen LogP contribution in [0.15, 0.2) is 41.8 Å². The van der Waals surface area contributed by atoms with E-state index in [4.69, 9.17) is 0 Å². The smallest absolute Gasteiger partial charge is 0.262 e. The van der Waals surface area contributed by atoms with E-state index in [9.17, 15) is 8.42 Å². The molecule has 23 heavy (non-hydrogen) atoms. The molecule has 1 fully saturated rings. The second-order valence-corrected chi connectivity index (χ2v) is 8.98. The Hall–Kier alpha value is -1.31. The molecule has 0 saturated carbocycles. The Morgan fingerprint density at radius 1 is 1.26 bits per heavy atom. The van der Waals surface area contributed by atoms with Gasteiger partial charge in [0.2, 0.25) is 0 Å². The molecule has 1 aliphatic rings. The van der Waals surface area contributed by atoms with Crippen LogP contribution in [0.4, 0.5) is 0 Å². The number of rotatable bonds is 3. The van der Waals surface area contributed by atoms with Crippen LogP contribution < -0.4 is 0 Å². The molecule has 2 aromatic rings. The summed E-state index contributed by atoms with van der Waals surface area (Å²) in [4.78, 5) is 4.01. The average molecular weight is 351 g/mol. The van der Waals surface area contributed by atoms with Gasteiger partial charge >= 0.3 is 0 Å². The van der Waals surface area contributed by atoms with E-state index in [0.29, 0.717) is 18.3 Å². The summed E-state index contributed by atoms with van der Waals surface area (Å²) in [5.74, 6) is 0.797. The largest absolute Gasteiger partial charge is 0.339 e. The molecule has 7 heteroatoms. The molecular weight excluding hydrogens is 330 g/mol. The number of aryl methyl sites for hydroxylation is 2. The van der Waals surface area contributed by atoms with Crippen LogP contribution >= 0.6 is 11.8 Å². The number of aromatic nitrogens is 2. The minimum absolute atomic E-state index is 0.138. The molecule has 5 nitrogen and oxygen atoms in total. The first-order chi connectivity index (χ1) is 11.0. The number of thioether (sulfide) groups is 1. The third-order valence-corrected chi connectivity index (χ3v) is 7.22. The van der Waals surface area contributed by atoms with Crippen molar-refractivity contribution in [3.05, 3.63) is 47.9 Å². The molecule has 1 aromatic carbocycles. The number of nitrogens with zero attached hydrogens (tertiary/aromatic N) is 3. The fraction of sp³-hybridized carbons (Fsp3) is 0.438. The molecule has 2 heterocycles. The van der Waals surface area contributed by atoms with Crippen molar-refractivity contribution in [3.63, 3.8) is 0 Å². The minimum Gasteiger partial charge on any atom is -0.339 e. The van der Waals surface area contributed by atoms with E-state index in [1.54, 1.807) is 22.1 Å². The van der Waals surface area contributed by atoms with E-state index < -0.39 is 10.0 Å². The summed E-state index contributed by atoms with van der Waals surface area (Å²) in [6.07, 6.45) is 3.91. The van der Waals surface area contributed by atoms with Crippen molar-refractivity contribution >= 4 is 21.8 Å². The van der Waals surface area contributed by atoms with Crippen molar-refractivity contribution in [1.82, 2.24) is 13.9 Å². The van der Waals surface area contributed by atoms with Crippen LogP contribution in [0.3, 0.4) is 0 Å². The van der Waals surface area contributed by atoms with Gasteiger partial charge in [0.15, 0.2) is 5.03 Å². The highest BCUT2D eigenvalue weighted by Crippen LogP contribution is 2.36. The second-order valence-electron chi connectivity index (χ2n) is 5.79. The van der Waals surface area contributed by atoms with Gasteiger partial charge in [-0.1, -0.05) is 24.3 Å². The Morgan fingerprint density at radius 2 is 2.04 bits per heavy atom. The summed E-state index contributed by atoms with van der Waals surface area (Å²) in [5.41, 5.74) is 2.58. The standard InChI is InChI=1S/C16H21N3O2S2/c1-13-5-3-4-6-14(13)15-7-8-19(9-10-22-15)23(20,21)16-11-18(2)12-17-16/h3-6,11-12,15H,7-10H2,1-2H3. The van der Waals surface area contributed by atoms with Gasteiger partial charge in [0.1, 0.15) is 0 Å². The summed E-state index contributed by atoms with van der Waals surface area (Å²) in [5, 5.41) is 0.486. The van der Waals surface area contributed by atoms with Crippen LogP contribution in [0.2, 0.25) is 0 Å². The lowest BCUT2D eigenvalue weighted by Crippen LogP contribution is -2.33. The monoisotopic (exact) mass is 351 g/mol. The van der Waals surface area contributed by atoms with Gasteiger partial charge in [-0.05, 0) is 24.5 Å². The zero-order valence-corrected chi connectivity index (χ0v) is 15.0. The van der Waals surface area contributed by atoms with Crippen molar-refractivity contribution in [2.24, 2.45) is 7.05 Å². The van der Waals surface area contributed by atoms with Crippen LogP contribution in [-0.4, -0.2) is 41.1 Å². The van der Waals surface area contributed by atoms with Crippen LogP contribution in [0.5, 0.6) is 0 Å². The van der Waals surface area contributed by atoms with Gasteiger partial charge in [0.25, 0.3) is 10.0 Å². The zero-order chi connectivity index (χ0) is 16.4. The first-order valence-corrected chi connectivity index (χ1v) is 10.1. The maximum Gasteiger partial charge on any atom is 0.262 e. The first-order valence-electron chi connectivity index (χ1n) is 7.64. The lowest BCUT2D eigenvalue weighted by atomic mass is 10.0. The zero-order valence-electron chi connectivity index (χ0n) is 13.3. The van der Waals surface area contributed by atoms with Crippen molar-refractivity contribution in [2.45, 2.75) is 23.6 Å². The summed E-state index contributed by atoms with van der Waals surface area (Å²) < 4.78 is 28.6. The summed E-state index contributed by atoms with van der Waals surface area (Å²) in [6.45, 7) is 3.18. The molecule has 1 atom stereocenters. The summed E-state index contributed by atoms with van der Waals surface area (Å²) >= 11 is 1.84. The summed E-state index contributed by atoms with van der Waals surface area (Å²) in [7, 11) is -1.72. The van der Waals surface area contributed by atoms with Crippen molar-refractivity contribution in [2.75, 3.05) is 18.8 Å². The molecule has 1 aromatic heterocycles. The lowest BCUT2D eigenvalue weighted by molar-refractivity contribution is 0.426. The van der Waals surface area contributed by atoms with Crippen LogP contribution in [0, 0.1) is 6.92 Å². The number of imidazole rings is 1. The lowest BCUT2D eigenvalue weighted by Gasteiger charge is -2.19. The Morgan fingerprint density at radius 3 is 2.74 bits per heavy atom. The quantitative estimate of drug-likeness (QED) is 0.853. The molecule has 1 saturated heterocycles. The van der Waals surface area contributed by atoms with Crippen molar-refractivity contribution < 1.29 is 8.42 Å². The third kappa shape index (κ3) is 3.46. The molecule has 0 spiro atoms. The normalized spacial score (nSPS) is 20.3. The Labute approximate surface area is 141 Å². The maximum atomic E-state index is 12.7. The van der Waals surface area contributed by atoms with E-state index in [1.165, 1.54) is 17.5 Å². The fourth-order valence-corrected chi connectivity index (χ4v) is 5.70. The van der Waals surface area contributed by atoms with Gasteiger partial charge in [-0.25, -0.2) is 13.4 Å². The number of hydrogen-bond acceptors (Lipinski definition) is 4. The van der Waals surface area contributed by atoms with Gasteiger partial charge in [-0.3, -0.25) is 0 Å². The number of sulfonamides is 1. The van der Waals surface area contributed by atoms with Crippen molar-refractivity contribution in [1.29, 1.82) is 0 Å². The Balaban J connectivity index is 1.78. The highest BCUT2D eigenvalue weighted by molar-refractivity contribution is 7.99. The van der Waals surface area contributed by atoms with Crippen molar-refractivity contribution in [3.8, 4) is 0 Å². The van der Waals surface area contributed by atoms with Gasteiger partial charge < -0.3 is 4.57 Å². The van der Waals surface area contributed by atoms with Crippen LogP contribution in [0.25, 0.3) is 0 Å². The maximum absolute atomic E-state index is 12.7. The molecular formula is C16H21N3O2S2. The summed E-state index contributed by atoms with van der Waals surface area (Å²) in [6, 6.07) is 8.35. The van der Waals surface area contributed by atoms with E-state index >= 15 is 0 Å². The van der Waals surface area contributed by atoms with Crippen LogP contribution in [-0.2, 0) is 17.1 Å². The minimum atomic E-state index is -3.49. The highest BCUT2D eigenvalue weighted by Gasteiger charge is 2.30. The average Bonchev–Trinajstić information content (AvgIpc) is 2.82. The molecule has 0 aliphatic carbocycles. The third-order valence-electron chi connectivity index (χ3n) is 4.12.